The van der Waals surface area contributed by atoms with Crippen LogP contribution in [0.5, 0.6) is 11.5 Å². The summed E-state index contributed by atoms with van der Waals surface area (Å²) in [6.07, 6.45) is 0.631. The Kier molecular flexibility index (Phi) is 3.84. The maximum atomic E-state index is 13.0. The molecule has 0 aliphatic rings. The van der Waals surface area contributed by atoms with Crippen LogP contribution in [0.3, 0.4) is 0 Å². The molecule has 2 nitrogen and oxygen atoms in total. The van der Waals surface area contributed by atoms with Crippen molar-refractivity contribution in [1.82, 2.24) is 0 Å². The number of benzene rings is 2. The van der Waals surface area contributed by atoms with Crippen LogP contribution in [0.1, 0.15) is 10.4 Å². The molecule has 5 heteroatoms. The third-order valence-corrected chi connectivity index (χ3v) is 2.82. The minimum absolute atomic E-state index is 0.0628. The average molecular weight is 285 g/mol. The summed E-state index contributed by atoms with van der Waals surface area (Å²) in [5.74, 6) is -0.0202. The van der Waals surface area contributed by atoms with Gasteiger partial charge in [-0.05, 0) is 24.3 Å². The number of ether oxygens (including phenoxy) is 1. The minimum atomic E-state index is -0.543. The van der Waals surface area contributed by atoms with Crippen LogP contribution in [0.4, 0.5) is 4.39 Å². The molecule has 0 saturated carbocycles. The van der Waals surface area contributed by atoms with E-state index in [1.165, 1.54) is 18.2 Å². The van der Waals surface area contributed by atoms with Gasteiger partial charge in [0.25, 0.3) is 0 Å². The van der Waals surface area contributed by atoms with Crippen LogP contribution in [0.2, 0.25) is 10.0 Å². The lowest BCUT2D eigenvalue weighted by Gasteiger charge is -2.10. The fourth-order valence-electron chi connectivity index (χ4n) is 1.38. The second kappa shape index (κ2) is 5.38. The second-order valence-corrected chi connectivity index (χ2v) is 4.27. The molecule has 0 spiro atoms. The van der Waals surface area contributed by atoms with Gasteiger partial charge in [0.1, 0.15) is 11.6 Å². The number of hydrogen-bond acceptors (Lipinski definition) is 2. The van der Waals surface area contributed by atoms with Crippen molar-refractivity contribution in [2.75, 3.05) is 0 Å². The van der Waals surface area contributed by atoms with Crippen molar-refractivity contribution in [3.63, 3.8) is 0 Å². The molecule has 2 rings (SSSR count). The van der Waals surface area contributed by atoms with E-state index < -0.39 is 5.82 Å². The van der Waals surface area contributed by atoms with Crippen LogP contribution >= 0.6 is 23.2 Å². The molecule has 0 unspecified atom stereocenters. The third-order valence-electron chi connectivity index (χ3n) is 2.24. The summed E-state index contributed by atoms with van der Waals surface area (Å²) >= 11 is 11.6. The minimum Gasteiger partial charge on any atom is -0.455 e. The predicted octanol–water partition coefficient (Wildman–Crippen LogP) is 4.74. The number of carbonyl (C=O) groups excluding carboxylic acids is 1. The van der Waals surface area contributed by atoms with Crippen LogP contribution in [0, 0.1) is 5.82 Å². The number of carbonyl (C=O) groups is 1. The van der Waals surface area contributed by atoms with E-state index in [9.17, 15) is 9.18 Å². The maximum absolute atomic E-state index is 13.0. The highest BCUT2D eigenvalue weighted by Crippen LogP contribution is 2.33. The SMILES string of the molecule is O=Cc1cccc(Cl)c1Oc1ccc(F)c(Cl)c1. The molecule has 18 heavy (non-hydrogen) atoms. The molecule has 0 aromatic heterocycles. The highest BCUT2D eigenvalue weighted by atomic mass is 35.5. The molecule has 0 aliphatic carbocycles. The zero-order valence-electron chi connectivity index (χ0n) is 8.99. The summed E-state index contributed by atoms with van der Waals surface area (Å²) in [5.41, 5.74) is 0.308. The molecule has 2 aromatic rings. The van der Waals surface area contributed by atoms with E-state index in [0.717, 1.165) is 0 Å². The summed E-state index contributed by atoms with van der Waals surface area (Å²) in [6, 6.07) is 8.69. The fraction of sp³-hybridized carbons (Fsp3) is 0. The molecule has 0 heterocycles. The summed E-state index contributed by atoms with van der Waals surface area (Å²) in [7, 11) is 0. The molecular weight excluding hydrogens is 278 g/mol. The van der Waals surface area contributed by atoms with Crippen molar-refractivity contribution in [2.24, 2.45) is 0 Å². The third kappa shape index (κ3) is 2.63. The zero-order valence-corrected chi connectivity index (χ0v) is 10.5. The topological polar surface area (TPSA) is 26.3 Å². The van der Waals surface area contributed by atoms with Crippen molar-refractivity contribution in [3.8, 4) is 11.5 Å². The van der Waals surface area contributed by atoms with Crippen molar-refractivity contribution in [2.45, 2.75) is 0 Å². The highest BCUT2D eigenvalue weighted by Gasteiger charge is 2.10. The van der Waals surface area contributed by atoms with E-state index in [2.05, 4.69) is 0 Å². The van der Waals surface area contributed by atoms with Gasteiger partial charge in [0.2, 0.25) is 0 Å². The van der Waals surface area contributed by atoms with Crippen LogP contribution in [0.25, 0.3) is 0 Å². The lowest BCUT2D eigenvalue weighted by atomic mass is 10.2. The standard InChI is InChI=1S/C13H7Cl2FO2/c14-10-3-1-2-8(7-17)13(10)18-9-4-5-12(16)11(15)6-9/h1-7H. The predicted molar refractivity (Wildman–Crippen MR) is 68.3 cm³/mol. The monoisotopic (exact) mass is 284 g/mol. The molecular formula is C13H7Cl2FO2. The first-order valence-electron chi connectivity index (χ1n) is 4.98. The first-order chi connectivity index (χ1) is 8.61. The Morgan fingerprint density at radius 2 is 1.89 bits per heavy atom. The quantitative estimate of drug-likeness (QED) is 0.761. The van der Waals surface area contributed by atoms with Crippen LogP contribution in [-0.4, -0.2) is 6.29 Å². The molecule has 0 bridgehead atoms. The summed E-state index contributed by atoms with van der Waals surface area (Å²) in [5, 5.41) is 0.229. The smallest absolute Gasteiger partial charge is 0.156 e. The second-order valence-electron chi connectivity index (χ2n) is 3.45. The summed E-state index contributed by atoms with van der Waals surface area (Å²) in [6.45, 7) is 0. The molecule has 2 aromatic carbocycles. The van der Waals surface area contributed by atoms with E-state index in [1.807, 2.05) is 0 Å². The maximum Gasteiger partial charge on any atom is 0.156 e. The molecule has 0 amide bonds. The van der Waals surface area contributed by atoms with Crippen molar-refractivity contribution in [3.05, 3.63) is 57.8 Å². The van der Waals surface area contributed by atoms with Gasteiger partial charge in [-0.15, -0.1) is 0 Å². The molecule has 0 aliphatic heterocycles. The number of halogens is 3. The average Bonchev–Trinajstić information content (AvgIpc) is 2.36. The van der Waals surface area contributed by atoms with E-state index in [4.69, 9.17) is 27.9 Å². The van der Waals surface area contributed by atoms with Gasteiger partial charge in [-0.3, -0.25) is 4.79 Å². The lowest BCUT2D eigenvalue weighted by molar-refractivity contribution is 0.112. The normalized spacial score (nSPS) is 10.2. The van der Waals surface area contributed by atoms with E-state index >= 15 is 0 Å². The van der Waals surface area contributed by atoms with E-state index in [0.29, 0.717) is 22.6 Å². The van der Waals surface area contributed by atoms with Gasteiger partial charge in [0.05, 0.1) is 15.6 Å². The van der Waals surface area contributed by atoms with E-state index in [-0.39, 0.29) is 10.8 Å². The molecule has 92 valence electrons. The van der Waals surface area contributed by atoms with Gasteiger partial charge in [0, 0.05) is 6.07 Å². The van der Waals surface area contributed by atoms with Gasteiger partial charge in [-0.25, -0.2) is 4.39 Å². The first-order valence-corrected chi connectivity index (χ1v) is 5.74. The molecule has 0 radical (unpaired) electrons. The Bertz CT molecular complexity index is 600. The zero-order chi connectivity index (χ0) is 13.1. The Balaban J connectivity index is 2.39. The molecule has 0 atom stereocenters. The molecule has 0 saturated heterocycles. The Morgan fingerprint density at radius 3 is 2.56 bits per heavy atom. The van der Waals surface area contributed by atoms with Crippen LogP contribution in [0.15, 0.2) is 36.4 Å². The highest BCUT2D eigenvalue weighted by molar-refractivity contribution is 6.32. The van der Waals surface area contributed by atoms with Gasteiger partial charge in [-0.2, -0.15) is 0 Å². The molecule has 0 fully saturated rings. The number of aldehydes is 1. The first kappa shape index (κ1) is 12.9. The number of para-hydroxylation sites is 1. The summed E-state index contributed by atoms with van der Waals surface area (Å²) in [4.78, 5) is 10.9. The number of rotatable bonds is 3. The van der Waals surface area contributed by atoms with Crippen molar-refractivity contribution < 1.29 is 13.9 Å². The van der Waals surface area contributed by atoms with Gasteiger partial charge >= 0.3 is 0 Å². The Morgan fingerprint density at radius 1 is 1.11 bits per heavy atom. The van der Waals surface area contributed by atoms with Gasteiger partial charge < -0.3 is 4.74 Å². The van der Waals surface area contributed by atoms with Crippen molar-refractivity contribution >= 4 is 29.5 Å². The number of hydrogen-bond donors (Lipinski definition) is 0. The Hall–Kier alpha value is -1.58. The largest absolute Gasteiger partial charge is 0.455 e. The fourth-order valence-corrected chi connectivity index (χ4v) is 1.78. The van der Waals surface area contributed by atoms with Crippen LogP contribution < -0.4 is 4.74 Å². The lowest BCUT2D eigenvalue weighted by Crippen LogP contribution is -1.92. The van der Waals surface area contributed by atoms with Gasteiger partial charge in [-0.1, -0.05) is 29.3 Å². The van der Waals surface area contributed by atoms with Crippen molar-refractivity contribution in [1.29, 1.82) is 0 Å². The van der Waals surface area contributed by atoms with Crippen LogP contribution in [-0.2, 0) is 0 Å². The van der Waals surface area contributed by atoms with E-state index in [1.54, 1.807) is 18.2 Å². The van der Waals surface area contributed by atoms with Gasteiger partial charge in [0.15, 0.2) is 12.0 Å². The Labute approximate surface area is 113 Å². The molecule has 0 N–H and O–H groups in total. The summed E-state index contributed by atoms with van der Waals surface area (Å²) < 4.78 is 18.4.